The maximum atomic E-state index is 11.3. The van der Waals surface area contributed by atoms with Crippen molar-refractivity contribution in [1.82, 2.24) is 0 Å². The SMILES string of the molecule is CC(=O)c1ccc(NCCC2CCCC(C)C2)cc1N. The molecule has 3 N–H and O–H groups in total. The highest BCUT2D eigenvalue weighted by Gasteiger charge is 2.18. The van der Waals surface area contributed by atoms with Gasteiger partial charge in [-0.1, -0.05) is 26.2 Å². The monoisotopic (exact) mass is 274 g/mol. The second-order valence-electron chi connectivity index (χ2n) is 6.21. The number of rotatable bonds is 5. The minimum absolute atomic E-state index is 0.0187. The molecule has 110 valence electrons. The molecule has 0 heterocycles. The van der Waals surface area contributed by atoms with Crippen LogP contribution in [0.2, 0.25) is 0 Å². The number of nitrogen functional groups attached to an aromatic ring is 1. The molecule has 0 amide bonds. The van der Waals surface area contributed by atoms with Gasteiger partial charge in [0, 0.05) is 23.5 Å². The van der Waals surface area contributed by atoms with E-state index in [0.29, 0.717) is 11.3 Å². The van der Waals surface area contributed by atoms with Crippen molar-refractivity contribution in [3.63, 3.8) is 0 Å². The van der Waals surface area contributed by atoms with Crippen LogP contribution in [0.1, 0.15) is 56.3 Å². The lowest BCUT2D eigenvalue weighted by Crippen LogP contribution is -2.16. The summed E-state index contributed by atoms with van der Waals surface area (Å²) in [7, 11) is 0. The first-order valence-corrected chi connectivity index (χ1v) is 7.70. The molecular weight excluding hydrogens is 248 g/mol. The van der Waals surface area contributed by atoms with Crippen LogP contribution in [0.25, 0.3) is 0 Å². The summed E-state index contributed by atoms with van der Waals surface area (Å²) < 4.78 is 0. The van der Waals surface area contributed by atoms with Crippen LogP contribution in [0.15, 0.2) is 18.2 Å². The Labute approximate surface area is 121 Å². The van der Waals surface area contributed by atoms with Crippen LogP contribution in [0.5, 0.6) is 0 Å². The Morgan fingerprint density at radius 1 is 1.40 bits per heavy atom. The van der Waals surface area contributed by atoms with Gasteiger partial charge in [0.15, 0.2) is 5.78 Å². The molecule has 0 bridgehead atoms. The number of hydrogen-bond acceptors (Lipinski definition) is 3. The van der Waals surface area contributed by atoms with Crippen molar-refractivity contribution < 1.29 is 4.79 Å². The van der Waals surface area contributed by atoms with Crippen LogP contribution in [0.3, 0.4) is 0 Å². The highest BCUT2D eigenvalue weighted by Crippen LogP contribution is 2.30. The van der Waals surface area contributed by atoms with E-state index in [1.807, 2.05) is 18.2 Å². The molecule has 3 nitrogen and oxygen atoms in total. The number of anilines is 2. The number of Topliss-reactive ketones (excluding diaryl/α,β-unsaturated/α-hetero) is 1. The average Bonchev–Trinajstić information content (AvgIpc) is 2.38. The molecule has 20 heavy (non-hydrogen) atoms. The smallest absolute Gasteiger partial charge is 0.161 e. The molecule has 2 rings (SSSR count). The van der Waals surface area contributed by atoms with Crippen LogP contribution in [0, 0.1) is 11.8 Å². The molecule has 0 saturated heterocycles. The Hall–Kier alpha value is -1.51. The van der Waals surface area contributed by atoms with Crippen molar-refractivity contribution in [2.45, 2.75) is 46.0 Å². The quantitative estimate of drug-likeness (QED) is 0.628. The number of nitrogens with two attached hydrogens (primary N) is 1. The van der Waals surface area contributed by atoms with Crippen LogP contribution < -0.4 is 11.1 Å². The number of ketones is 1. The summed E-state index contributed by atoms with van der Waals surface area (Å²) in [6, 6.07) is 5.61. The maximum absolute atomic E-state index is 11.3. The Morgan fingerprint density at radius 2 is 2.20 bits per heavy atom. The fourth-order valence-corrected chi connectivity index (χ4v) is 3.24. The van der Waals surface area contributed by atoms with Gasteiger partial charge in [-0.3, -0.25) is 4.79 Å². The molecule has 2 unspecified atom stereocenters. The van der Waals surface area contributed by atoms with E-state index >= 15 is 0 Å². The first-order chi connectivity index (χ1) is 9.56. The van der Waals surface area contributed by atoms with Crippen molar-refractivity contribution in [3.05, 3.63) is 23.8 Å². The Kier molecular flexibility index (Phi) is 5.05. The first-order valence-electron chi connectivity index (χ1n) is 7.70. The van der Waals surface area contributed by atoms with Crippen molar-refractivity contribution in [1.29, 1.82) is 0 Å². The summed E-state index contributed by atoms with van der Waals surface area (Å²) >= 11 is 0. The predicted molar refractivity (Wildman–Crippen MR) is 85.1 cm³/mol. The van der Waals surface area contributed by atoms with Gasteiger partial charge in [0.2, 0.25) is 0 Å². The van der Waals surface area contributed by atoms with E-state index in [2.05, 4.69) is 12.2 Å². The average molecular weight is 274 g/mol. The minimum atomic E-state index is 0.0187. The van der Waals surface area contributed by atoms with E-state index in [-0.39, 0.29) is 5.78 Å². The number of carbonyl (C=O) groups excluding carboxylic acids is 1. The standard InChI is InChI=1S/C17H26N2O/c1-12-4-3-5-14(10-12)8-9-19-15-6-7-16(13(2)20)17(18)11-15/h6-7,11-12,14,19H,3-5,8-10,18H2,1-2H3. The third-order valence-electron chi connectivity index (χ3n) is 4.36. The van der Waals surface area contributed by atoms with Gasteiger partial charge in [0.25, 0.3) is 0 Å². The zero-order valence-corrected chi connectivity index (χ0v) is 12.6. The largest absolute Gasteiger partial charge is 0.398 e. The zero-order chi connectivity index (χ0) is 14.5. The van der Waals surface area contributed by atoms with Gasteiger partial charge in [-0.2, -0.15) is 0 Å². The van der Waals surface area contributed by atoms with Crippen LogP contribution in [-0.4, -0.2) is 12.3 Å². The Morgan fingerprint density at radius 3 is 2.85 bits per heavy atom. The molecule has 3 heteroatoms. The number of benzene rings is 1. The normalized spacial score (nSPS) is 22.5. The van der Waals surface area contributed by atoms with Gasteiger partial charge in [-0.25, -0.2) is 0 Å². The van der Waals surface area contributed by atoms with E-state index in [9.17, 15) is 4.79 Å². The molecule has 0 radical (unpaired) electrons. The molecule has 0 spiro atoms. The molecular formula is C17H26N2O. The summed E-state index contributed by atoms with van der Waals surface area (Å²) in [5.74, 6) is 1.77. The van der Waals surface area contributed by atoms with Crippen LogP contribution in [0.4, 0.5) is 11.4 Å². The third kappa shape index (κ3) is 3.99. The summed E-state index contributed by atoms with van der Waals surface area (Å²) in [6.07, 6.45) is 6.74. The fourth-order valence-electron chi connectivity index (χ4n) is 3.24. The Balaban J connectivity index is 1.82. The number of carbonyl (C=O) groups is 1. The van der Waals surface area contributed by atoms with E-state index < -0.39 is 0 Å². The van der Waals surface area contributed by atoms with Gasteiger partial charge in [0.1, 0.15) is 0 Å². The van der Waals surface area contributed by atoms with Gasteiger partial charge in [-0.05, 0) is 49.8 Å². The lowest BCUT2D eigenvalue weighted by atomic mass is 9.81. The van der Waals surface area contributed by atoms with Gasteiger partial charge < -0.3 is 11.1 Å². The molecule has 2 atom stereocenters. The van der Waals surface area contributed by atoms with E-state index in [0.717, 1.165) is 24.1 Å². The van der Waals surface area contributed by atoms with E-state index in [1.54, 1.807) is 6.92 Å². The van der Waals surface area contributed by atoms with Crippen molar-refractivity contribution in [3.8, 4) is 0 Å². The molecule has 0 aliphatic heterocycles. The minimum Gasteiger partial charge on any atom is -0.398 e. The van der Waals surface area contributed by atoms with Gasteiger partial charge >= 0.3 is 0 Å². The number of nitrogens with one attached hydrogen (secondary N) is 1. The van der Waals surface area contributed by atoms with Crippen LogP contribution >= 0.6 is 0 Å². The van der Waals surface area contributed by atoms with Gasteiger partial charge in [-0.15, -0.1) is 0 Å². The first kappa shape index (κ1) is 14.9. The summed E-state index contributed by atoms with van der Waals surface area (Å²) in [6.45, 7) is 4.89. The van der Waals surface area contributed by atoms with Gasteiger partial charge in [0.05, 0.1) is 0 Å². The highest BCUT2D eigenvalue weighted by molar-refractivity contribution is 5.99. The van der Waals surface area contributed by atoms with E-state index in [1.165, 1.54) is 32.1 Å². The highest BCUT2D eigenvalue weighted by atomic mass is 16.1. The fraction of sp³-hybridized carbons (Fsp3) is 0.588. The van der Waals surface area contributed by atoms with Crippen LogP contribution in [-0.2, 0) is 0 Å². The zero-order valence-electron chi connectivity index (χ0n) is 12.6. The second kappa shape index (κ2) is 6.78. The molecule has 1 aromatic carbocycles. The lowest BCUT2D eigenvalue weighted by molar-refractivity contribution is 0.101. The second-order valence-corrected chi connectivity index (χ2v) is 6.21. The molecule has 1 aliphatic carbocycles. The van der Waals surface area contributed by atoms with E-state index in [4.69, 9.17) is 5.73 Å². The summed E-state index contributed by atoms with van der Waals surface area (Å²) in [4.78, 5) is 11.3. The molecule has 1 aromatic rings. The van der Waals surface area contributed by atoms with Crippen molar-refractivity contribution >= 4 is 17.2 Å². The molecule has 1 fully saturated rings. The molecule has 1 aliphatic rings. The predicted octanol–water partition coefficient (Wildman–Crippen LogP) is 4.10. The summed E-state index contributed by atoms with van der Waals surface area (Å²) in [5, 5.41) is 3.42. The lowest BCUT2D eigenvalue weighted by Gasteiger charge is -2.26. The number of hydrogen-bond donors (Lipinski definition) is 2. The Bertz CT molecular complexity index is 470. The topological polar surface area (TPSA) is 55.1 Å². The molecule has 0 aromatic heterocycles. The molecule has 1 saturated carbocycles. The van der Waals surface area contributed by atoms with Crippen molar-refractivity contribution in [2.75, 3.05) is 17.6 Å². The summed E-state index contributed by atoms with van der Waals surface area (Å²) in [5.41, 5.74) is 8.08. The van der Waals surface area contributed by atoms with Crippen molar-refractivity contribution in [2.24, 2.45) is 11.8 Å². The maximum Gasteiger partial charge on any atom is 0.161 e. The third-order valence-corrected chi connectivity index (χ3v) is 4.36.